The first-order valence-electron chi connectivity index (χ1n) is 4.17. The lowest BCUT2D eigenvalue weighted by atomic mass is 10.3. The summed E-state index contributed by atoms with van der Waals surface area (Å²) >= 11 is 0. The molecule has 0 fully saturated rings. The minimum atomic E-state index is -4.63. The van der Waals surface area contributed by atoms with Gasteiger partial charge in [-0.3, -0.25) is 4.98 Å². The second-order valence-corrected chi connectivity index (χ2v) is 5.46. The van der Waals surface area contributed by atoms with Crippen molar-refractivity contribution in [1.82, 2.24) is 4.98 Å². The minimum absolute atomic E-state index is 0.520. The van der Waals surface area contributed by atoms with Crippen LogP contribution in [0.3, 0.4) is 0 Å². The predicted molar refractivity (Wildman–Crippen MR) is 50.1 cm³/mol. The maximum absolute atomic E-state index is 12.3. The highest BCUT2D eigenvalue weighted by Gasteiger charge is 2.32. The molecule has 0 aromatic carbocycles. The second kappa shape index (κ2) is 4.02. The number of aromatic nitrogens is 1. The van der Waals surface area contributed by atoms with E-state index in [1.807, 2.05) is 0 Å². The molecule has 16 heavy (non-hydrogen) atoms. The Hall–Kier alpha value is -1.15. The molecule has 0 bridgehead atoms. The molecular weight excluding hydrogens is 245 g/mol. The van der Waals surface area contributed by atoms with Crippen LogP contribution >= 0.6 is 0 Å². The summed E-state index contributed by atoms with van der Waals surface area (Å²) in [6.07, 6.45) is -3.23. The van der Waals surface area contributed by atoms with Gasteiger partial charge in [-0.15, -0.1) is 0 Å². The van der Waals surface area contributed by atoms with Crippen LogP contribution in [0, 0.1) is 0 Å². The molecule has 8 heteroatoms. The van der Waals surface area contributed by atoms with Crippen LogP contribution in [0.15, 0.2) is 23.4 Å². The van der Waals surface area contributed by atoms with Gasteiger partial charge in [-0.05, 0) is 13.0 Å². The van der Waals surface area contributed by atoms with Crippen molar-refractivity contribution in [2.24, 2.45) is 5.73 Å². The van der Waals surface area contributed by atoms with Crippen molar-refractivity contribution in [2.75, 3.05) is 0 Å². The first-order chi connectivity index (χ1) is 7.15. The molecule has 4 nitrogen and oxygen atoms in total. The van der Waals surface area contributed by atoms with E-state index in [2.05, 4.69) is 4.98 Å². The summed E-state index contributed by atoms with van der Waals surface area (Å²) in [6.45, 7) is 1.18. The SMILES string of the molecule is CC(N)S(=O)(=O)c1cncc(C(F)(F)F)c1. The lowest BCUT2D eigenvalue weighted by molar-refractivity contribution is -0.138. The van der Waals surface area contributed by atoms with Crippen LogP contribution in [-0.2, 0) is 16.0 Å². The summed E-state index contributed by atoms with van der Waals surface area (Å²) in [7, 11) is -3.94. The second-order valence-electron chi connectivity index (χ2n) is 3.16. The zero-order valence-electron chi connectivity index (χ0n) is 8.19. The van der Waals surface area contributed by atoms with Crippen LogP contribution in [0.5, 0.6) is 0 Å². The number of halogens is 3. The number of nitrogens with zero attached hydrogens (tertiary/aromatic N) is 1. The lowest BCUT2D eigenvalue weighted by Gasteiger charge is -2.10. The van der Waals surface area contributed by atoms with Gasteiger partial charge < -0.3 is 5.73 Å². The van der Waals surface area contributed by atoms with E-state index < -0.39 is 31.8 Å². The van der Waals surface area contributed by atoms with Gasteiger partial charge in [0.15, 0.2) is 9.84 Å². The van der Waals surface area contributed by atoms with E-state index in [9.17, 15) is 21.6 Å². The molecular formula is C8H9F3N2O2S. The van der Waals surface area contributed by atoms with Crippen molar-refractivity contribution in [3.8, 4) is 0 Å². The standard InChI is InChI=1S/C8H9F3N2O2S/c1-5(12)16(14,15)7-2-6(3-13-4-7)8(9,10)11/h2-5H,12H2,1H3. The first kappa shape index (κ1) is 12.9. The van der Waals surface area contributed by atoms with Gasteiger partial charge in [0.2, 0.25) is 0 Å². The quantitative estimate of drug-likeness (QED) is 0.860. The highest BCUT2D eigenvalue weighted by atomic mass is 32.2. The number of sulfone groups is 1. The van der Waals surface area contributed by atoms with E-state index in [0.717, 1.165) is 6.20 Å². The zero-order chi connectivity index (χ0) is 12.6. The molecule has 0 aliphatic rings. The summed E-state index contributed by atoms with van der Waals surface area (Å²) < 4.78 is 59.8. The van der Waals surface area contributed by atoms with Crippen molar-refractivity contribution < 1.29 is 21.6 Å². The summed E-state index contributed by atoms with van der Waals surface area (Å²) in [5.41, 5.74) is 4.05. The van der Waals surface area contributed by atoms with E-state index in [0.29, 0.717) is 12.3 Å². The molecule has 1 unspecified atom stereocenters. The highest BCUT2D eigenvalue weighted by Crippen LogP contribution is 2.30. The zero-order valence-corrected chi connectivity index (χ0v) is 9.01. The summed E-state index contributed by atoms with van der Waals surface area (Å²) in [5, 5.41) is -1.28. The number of alkyl halides is 3. The van der Waals surface area contributed by atoms with E-state index >= 15 is 0 Å². The van der Waals surface area contributed by atoms with Crippen LogP contribution < -0.4 is 5.73 Å². The topological polar surface area (TPSA) is 73.1 Å². The van der Waals surface area contributed by atoms with Gasteiger partial charge >= 0.3 is 6.18 Å². The molecule has 0 amide bonds. The third-order valence-electron chi connectivity index (χ3n) is 1.86. The van der Waals surface area contributed by atoms with Crippen LogP contribution in [0.1, 0.15) is 12.5 Å². The lowest BCUT2D eigenvalue weighted by Crippen LogP contribution is -2.27. The van der Waals surface area contributed by atoms with Gasteiger partial charge in [-0.2, -0.15) is 13.2 Å². The van der Waals surface area contributed by atoms with Crippen LogP contribution in [0.2, 0.25) is 0 Å². The number of nitrogens with two attached hydrogens (primary N) is 1. The van der Waals surface area contributed by atoms with Crippen molar-refractivity contribution >= 4 is 9.84 Å². The molecule has 0 saturated carbocycles. The Balaban J connectivity index is 3.30. The van der Waals surface area contributed by atoms with E-state index in [-0.39, 0.29) is 0 Å². The van der Waals surface area contributed by atoms with Crippen molar-refractivity contribution in [1.29, 1.82) is 0 Å². The van der Waals surface area contributed by atoms with Gasteiger partial charge in [0.1, 0.15) is 5.37 Å². The molecule has 1 heterocycles. The smallest absolute Gasteiger partial charge is 0.315 e. The number of hydrogen-bond acceptors (Lipinski definition) is 4. The highest BCUT2D eigenvalue weighted by molar-refractivity contribution is 7.92. The Morgan fingerprint density at radius 3 is 2.38 bits per heavy atom. The normalized spacial score (nSPS) is 14.8. The molecule has 0 saturated heterocycles. The van der Waals surface area contributed by atoms with Crippen molar-refractivity contribution in [2.45, 2.75) is 23.4 Å². The molecule has 0 spiro atoms. The Labute approximate surface area is 90.2 Å². The Kier molecular flexibility index (Phi) is 3.25. The average molecular weight is 254 g/mol. The first-order valence-corrected chi connectivity index (χ1v) is 5.72. The fraction of sp³-hybridized carbons (Fsp3) is 0.375. The molecule has 1 aromatic rings. The van der Waals surface area contributed by atoms with E-state index in [4.69, 9.17) is 5.73 Å². The van der Waals surface area contributed by atoms with Crippen LogP contribution in [0.25, 0.3) is 0 Å². The maximum atomic E-state index is 12.3. The third kappa shape index (κ3) is 2.50. The predicted octanol–water partition coefficient (Wildman–Crippen LogP) is 1.18. The monoisotopic (exact) mass is 254 g/mol. The fourth-order valence-corrected chi connectivity index (χ4v) is 1.87. The Bertz CT molecular complexity index is 482. The Morgan fingerprint density at radius 1 is 1.38 bits per heavy atom. The molecule has 0 aliphatic heterocycles. The number of rotatable bonds is 2. The van der Waals surface area contributed by atoms with Gasteiger partial charge in [-0.25, -0.2) is 8.42 Å². The van der Waals surface area contributed by atoms with Crippen LogP contribution in [0.4, 0.5) is 13.2 Å². The Morgan fingerprint density at radius 2 is 1.94 bits per heavy atom. The summed E-state index contributed by atoms with van der Waals surface area (Å²) in [4.78, 5) is 2.71. The number of hydrogen-bond donors (Lipinski definition) is 1. The average Bonchev–Trinajstić information content (AvgIpc) is 2.16. The fourth-order valence-electron chi connectivity index (χ4n) is 0.944. The van der Waals surface area contributed by atoms with E-state index in [1.54, 1.807) is 0 Å². The molecule has 1 atom stereocenters. The number of pyridine rings is 1. The third-order valence-corrected chi connectivity index (χ3v) is 3.72. The van der Waals surface area contributed by atoms with Gasteiger partial charge in [0.25, 0.3) is 0 Å². The van der Waals surface area contributed by atoms with Gasteiger partial charge in [-0.1, -0.05) is 0 Å². The maximum Gasteiger partial charge on any atom is 0.417 e. The van der Waals surface area contributed by atoms with Crippen molar-refractivity contribution in [3.05, 3.63) is 24.0 Å². The molecule has 90 valence electrons. The summed E-state index contributed by atoms with van der Waals surface area (Å²) in [5.74, 6) is 0. The van der Waals surface area contributed by atoms with Gasteiger partial charge in [0, 0.05) is 12.4 Å². The molecule has 1 aromatic heterocycles. The molecule has 0 aliphatic carbocycles. The molecule has 1 rings (SSSR count). The summed E-state index contributed by atoms with van der Waals surface area (Å²) in [6, 6.07) is 0.520. The minimum Gasteiger partial charge on any atom is -0.315 e. The molecule has 2 N–H and O–H groups in total. The largest absolute Gasteiger partial charge is 0.417 e. The van der Waals surface area contributed by atoms with Crippen LogP contribution in [-0.4, -0.2) is 18.8 Å². The van der Waals surface area contributed by atoms with Crippen molar-refractivity contribution in [3.63, 3.8) is 0 Å². The molecule has 0 radical (unpaired) electrons. The van der Waals surface area contributed by atoms with Gasteiger partial charge in [0.05, 0.1) is 10.5 Å². The van der Waals surface area contributed by atoms with E-state index in [1.165, 1.54) is 6.92 Å².